The lowest BCUT2D eigenvalue weighted by Crippen LogP contribution is -2.51. The lowest BCUT2D eigenvalue weighted by Gasteiger charge is -2.32. The van der Waals surface area contributed by atoms with Crippen LogP contribution in [0.5, 0.6) is 5.75 Å². The van der Waals surface area contributed by atoms with E-state index in [2.05, 4.69) is 5.32 Å². The third kappa shape index (κ3) is 8.53. The molecule has 0 radical (unpaired) electrons. The Bertz CT molecular complexity index is 1410. The molecule has 1 atom stereocenters. The quantitative estimate of drug-likeness (QED) is 0.268. The molecule has 41 heavy (non-hydrogen) atoms. The lowest BCUT2D eigenvalue weighted by atomic mass is 10.1. The maximum atomic E-state index is 13.9. The topological polar surface area (TPSA) is 96.0 Å². The molecule has 0 unspecified atom stereocenters. The molecule has 1 N–H and O–H groups in total. The molecule has 3 aromatic rings. The van der Waals surface area contributed by atoms with Crippen LogP contribution in [0.15, 0.2) is 77.7 Å². The van der Waals surface area contributed by atoms with Gasteiger partial charge in [-0.3, -0.25) is 13.9 Å². The number of nitrogens with one attached hydrogen (secondary N) is 1. The molecule has 220 valence electrons. The summed E-state index contributed by atoms with van der Waals surface area (Å²) in [4.78, 5) is 28.3. The highest BCUT2D eigenvalue weighted by Crippen LogP contribution is 2.26. The lowest BCUT2D eigenvalue weighted by molar-refractivity contribution is -0.139. The van der Waals surface area contributed by atoms with Gasteiger partial charge in [-0.15, -0.1) is 0 Å². The molecule has 0 aliphatic heterocycles. The van der Waals surface area contributed by atoms with E-state index in [1.54, 1.807) is 6.92 Å². The van der Waals surface area contributed by atoms with Crippen LogP contribution in [-0.2, 0) is 26.2 Å². The smallest absolute Gasteiger partial charge is 0.264 e. The Hall–Kier alpha value is -3.92. The van der Waals surface area contributed by atoms with Crippen molar-refractivity contribution < 1.29 is 27.1 Å². The minimum atomic E-state index is -4.26. The summed E-state index contributed by atoms with van der Waals surface area (Å²) in [7, 11) is -4.26. The van der Waals surface area contributed by atoms with Gasteiger partial charge in [0.25, 0.3) is 10.0 Å². The fourth-order valence-electron chi connectivity index (χ4n) is 4.26. The monoisotopic (exact) mass is 583 g/mol. The maximum absolute atomic E-state index is 13.9. The molecule has 3 rings (SSSR count). The van der Waals surface area contributed by atoms with Gasteiger partial charge in [0.2, 0.25) is 11.8 Å². The van der Waals surface area contributed by atoms with E-state index in [1.807, 2.05) is 45.0 Å². The van der Waals surface area contributed by atoms with E-state index >= 15 is 0 Å². The van der Waals surface area contributed by atoms with E-state index in [1.165, 1.54) is 41.3 Å². The number of aryl methyl sites for hydroxylation is 1. The van der Waals surface area contributed by atoms with Crippen LogP contribution >= 0.6 is 0 Å². The SMILES string of the molecule is CCCCNC(=O)[C@@H](C)N(Cc1cccc(C)c1)C(=O)CN(c1ccc(F)cc1)S(=O)(=O)c1ccc(OCC)cc1. The Morgan fingerprint density at radius 2 is 1.68 bits per heavy atom. The highest BCUT2D eigenvalue weighted by Gasteiger charge is 2.32. The first-order valence-corrected chi connectivity index (χ1v) is 15.1. The molecule has 0 aromatic heterocycles. The van der Waals surface area contributed by atoms with Gasteiger partial charge in [-0.2, -0.15) is 0 Å². The number of benzene rings is 3. The van der Waals surface area contributed by atoms with Gasteiger partial charge in [0.15, 0.2) is 0 Å². The van der Waals surface area contributed by atoms with Crippen molar-refractivity contribution in [3.05, 3.63) is 89.7 Å². The van der Waals surface area contributed by atoms with Gasteiger partial charge in [-0.05, 0) is 81.3 Å². The zero-order chi connectivity index (χ0) is 30.0. The van der Waals surface area contributed by atoms with Gasteiger partial charge in [-0.1, -0.05) is 43.2 Å². The number of carbonyl (C=O) groups is 2. The first kappa shape index (κ1) is 31.6. The van der Waals surface area contributed by atoms with Gasteiger partial charge >= 0.3 is 0 Å². The molecule has 0 fully saturated rings. The van der Waals surface area contributed by atoms with Crippen LogP contribution in [0.2, 0.25) is 0 Å². The number of hydrogen-bond acceptors (Lipinski definition) is 5. The number of rotatable bonds is 14. The van der Waals surface area contributed by atoms with Crippen LogP contribution in [0.25, 0.3) is 0 Å². The molecule has 0 aliphatic rings. The summed E-state index contributed by atoms with van der Waals surface area (Å²) in [5.41, 5.74) is 1.90. The maximum Gasteiger partial charge on any atom is 0.264 e. The summed E-state index contributed by atoms with van der Waals surface area (Å²) in [5, 5.41) is 2.86. The molecule has 3 aromatic carbocycles. The number of hydrogen-bond donors (Lipinski definition) is 1. The number of amides is 2. The molecule has 0 saturated heterocycles. The van der Waals surface area contributed by atoms with Gasteiger partial charge in [0.1, 0.15) is 24.2 Å². The highest BCUT2D eigenvalue weighted by molar-refractivity contribution is 7.92. The van der Waals surface area contributed by atoms with E-state index in [-0.39, 0.29) is 23.0 Å². The Balaban J connectivity index is 1.99. The Morgan fingerprint density at radius 1 is 1.00 bits per heavy atom. The van der Waals surface area contributed by atoms with Crippen molar-refractivity contribution in [1.29, 1.82) is 0 Å². The van der Waals surface area contributed by atoms with Crippen molar-refractivity contribution >= 4 is 27.5 Å². The first-order valence-electron chi connectivity index (χ1n) is 13.7. The number of ether oxygens (including phenoxy) is 1. The minimum Gasteiger partial charge on any atom is -0.494 e. The Kier molecular flexibility index (Phi) is 11.3. The third-order valence-corrected chi connectivity index (χ3v) is 8.34. The number of unbranched alkanes of at least 4 members (excludes halogenated alkanes) is 1. The number of anilines is 1. The van der Waals surface area contributed by atoms with Crippen molar-refractivity contribution in [2.24, 2.45) is 0 Å². The standard InChI is InChI=1S/C31H38FN3O5S/c1-5-7-19-33-31(37)24(4)34(21-25-10-8-9-23(3)20-25)30(36)22-35(27-13-11-26(32)12-14-27)41(38,39)29-17-15-28(16-18-29)40-6-2/h8-18,20,24H,5-7,19,21-22H2,1-4H3,(H,33,37)/t24-/m1/s1. The molecule has 2 amide bonds. The summed E-state index contributed by atoms with van der Waals surface area (Å²) < 4.78 is 47.9. The normalized spacial score (nSPS) is 11.9. The molecule has 0 aliphatic carbocycles. The minimum absolute atomic E-state index is 0.0614. The van der Waals surface area contributed by atoms with Gasteiger partial charge in [0.05, 0.1) is 17.2 Å². The molecule has 0 bridgehead atoms. The van der Waals surface area contributed by atoms with Crippen molar-refractivity contribution in [3.8, 4) is 5.75 Å². The van der Waals surface area contributed by atoms with Crippen LogP contribution in [0.4, 0.5) is 10.1 Å². The zero-order valence-electron chi connectivity index (χ0n) is 24.0. The van der Waals surface area contributed by atoms with Gasteiger partial charge in [-0.25, -0.2) is 12.8 Å². The first-order chi connectivity index (χ1) is 19.6. The summed E-state index contributed by atoms with van der Waals surface area (Å²) >= 11 is 0. The molecule has 0 spiro atoms. The second-order valence-corrected chi connectivity index (χ2v) is 11.6. The van der Waals surface area contributed by atoms with Crippen molar-refractivity contribution in [2.75, 3.05) is 24.0 Å². The molecule has 8 nitrogen and oxygen atoms in total. The van der Waals surface area contributed by atoms with Crippen LogP contribution < -0.4 is 14.4 Å². The average Bonchev–Trinajstić information content (AvgIpc) is 2.95. The number of sulfonamides is 1. The van der Waals surface area contributed by atoms with E-state index in [0.717, 1.165) is 40.4 Å². The zero-order valence-corrected chi connectivity index (χ0v) is 24.8. The van der Waals surface area contributed by atoms with E-state index in [4.69, 9.17) is 4.74 Å². The van der Waals surface area contributed by atoms with E-state index < -0.39 is 34.3 Å². The summed E-state index contributed by atoms with van der Waals surface area (Å²) in [6, 6.07) is 17.4. The number of carbonyl (C=O) groups excluding carboxylic acids is 2. The van der Waals surface area contributed by atoms with E-state index in [0.29, 0.717) is 18.9 Å². The molecule has 10 heteroatoms. The Morgan fingerprint density at radius 3 is 2.29 bits per heavy atom. The number of halogens is 1. The van der Waals surface area contributed by atoms with Crippen molar-refractivity contribution in [1.82, 2.24) is 10.2 Å². The molecule has 0 saturated carbocycles. The third-order valence-electron chi connectivity index (χ3n) is 6.55. The average molecular weight is 584 g/mol. The van der Waals surface area contributed by atoms with Crippen molar-refractivity contribution in [2.45, 2.75) is 58.0 Å². The van der Waals surface area contributed by atoms with Crippen LogP contribution in [-0.4, -0.2) is 50.9 Å². The fourth-order valence-corrected chi connectivity index (χ4v) is 5.68. The van der Waals surface area contributed by atoms with Crippen LogP contribution in [0.1, 0.15) is 44.7 Å². The van der Waals surface area contributed by atoms with Crippen LogP contribution in [0, 0.1) is 12.7 Å². The van der Waals surface area contributed by atoms with Gasteiger partial charge in [0, 0.05) is 13.1 Å². The van der Waals surface area contributed by atoms with Crippen LogP contribution in [0.3, 0.4) is 0 Å². The van der Waals surface area contributed by atoms with Gasteiger partial charge < -0.3 is 15.0 Å². The molecule has 0 heterocycles. The highest BCUT2D eigenvalue weighted by atomic mass is 32.2. The second kappa shape index (κ2) is 14.6. The fraction of sp³-hybridized carbons (Fsp3) is 0.355. The Labute approximate surface area is 242 Å². The predicted molar refractivity (Wildman–Crippen MR) is 158 cm³/mol. The molecular formula is C31H38FN3O5S. The molecular weight excluding hydrogens is 545 g/mol. The van der Waals surface area contributed by atoms with Crippen molar-refractivity contribution in [3.63, 3.8) is 0 Å². The second-order valence-electron chi connectivity index (χ2n) is 9.72. The predicted octanol–water partition coefficient (Wildman–Crippen LogP) is 5.06. The number of nitrogens with zero attached hydrogens (tertiary/aromatic N) is 2. The summed E-state index contributed by atoms with van der Waals surface area (Å²) in [6.45, 7) is 7.78. The summed E-state index contributed by atoms with van der Waals surface area (Å²) in [6.07, 6.45) is 1.69. The van der Waals surface area contributed by atoms with E-state index in [9.17, 15) is 22.4 Å². The largest absolute Gasteiger partial charge is 0.494 e. The summed E-state index contributed by atoms with van der Waals surface area (Å²) in [5.74, 6) is -0.953.